The lowest BCUT2D eigenvalue weighted by atomic mass is 9.71. The van der Waals surface area contributed by atoms with Crippen LogP contribution in [0, 0.1) is 17.8 Å². The summed E-state index contributed by atoms with van der Waals surface area (Å²) in [5, 5.41) is 18.5. The minimum atomic E-state index is -4.90. The maximum Gasteiger partial charge on any atom is 0.417 e. The zero-order chi connectivity index (χ0) is 25.2. The van der Waals surface area contributed by atoms with Gasteiger partial charge >= 0.3 is 6.18 Å². The first kappa shape index (κ1) is 26.0. The van der Waals surface area contributed by atoms with E-state index >= 15 is 0 Å². The molecule has 0 spiro atoms. The average Bonchev–Trinajstić information content (AvgIpc) is 3.34. The van der Waals surface area contributed by atoms with E-state index in [1.807, 2.05) is 0 Å². The van der Waals surface area contributed by atoms with Crippen LogP contribution in [0.2, 0.25) is 0 Å². The molecule has 0 amide bonds. The highest BCUT2D eigenvalue weighted by Crippen LogP contribution is 2.46. The van der Waals surface area contributed by atoms with E-state index in [0.29, 0.717) is 11.5 Å². The Morgan fingerprint density at radius 2 is 1.57 bits per heavy atom. The number of nitrogens with two attached hydrogens (primary N) is 2. The van der Waals surface area contributed by atoms with Crippen molar-refractivity contribution in [1.29, 1.82) is 0 Å². The van der Waals surface area contributed by atoms with Gasteiger partial charge in [-0.1, -0.05) is 31.7 Å². The van der Waals surface area contributed by atoms with E-state index in [0.717, 1.165) is 56.6 Å². The molecule has 5 N–H and O–H groups in total. The Hall–Kier alpha value is -2.05. The minimum absolute atomic E-state index is 0.108. The van der Waals surface area contributed by atoms with Gasteiger partial charge in [-0.3, -0.25) is 0 Å². The Balaban J connectivity index is 1.54. The van der Waals surface area contributed by atoms with Crippen molar-refractivity contribution in [2.45, 2.75) is 81.2 Å². The number of benzene rings is 1. The molecule has 2 aliphatic rings. The largest absolute Gasteiger partial charge is 0.417 e. The summed E-state index contributed by atoms with van der Waals surface area (Å²) in [6.45, 7) is 0.752. The highest BCUT2D eigenvalue weighted by atomic mass is 32.2. The molecule has 1 aromatic carbocycles. The molecule has 35 heavy (non-hydrogen) atoms. The first-order valence-electron chi connectivity index (χ1n) is 12.3. The number of nitrogens with one attached hydrogen (secondary N) is 1. The van der Waals surface area contributed by atoms with Crippen LogP contribution in [0.5, 0.6) is 0 Å². The Kier molecular flexibility index (Phi) is 7.82. The summed E-state index contributed by atoms with van der Waals surface area (Å²) in [5.74, 6) is 1.74. The smallest absolute Gasteiger partial charge is 0.330 e. The monoisotopic (exact) mass is 514 g/mol. The highest BCUT2D eigenvalue weighted by Gasteiger charge is 2.41. The summed E-state index contributed by atoms with van der Waals surface area (Å²) in [6.07, 6.45) is 5.76. The second-order valence-corrected chi connectivity index (χ2v) is 11.6. The molecule has 2 fully saturated rings. The first-order chi connectivity index (χ1) is 16.6. The van der Waals surface area contributed by atoms with Gasteiger partial charge in [0.15, 0.2) is 0 Å². The molecule has 0 unspecified atom stereocenters. The number of halogens is 3. The average molecular weight is 515 g/mol. The highest BCUT2D eigenvalue weighted by molar-refractivity contribution is 7.89. The molecule has 2 aliphatic carbocycles. The van der Waals surface area contributed by atoms with Crippen molar-refractivity contribution in [2.75, 3.05) is 6.54 Å². The van der Waals surface area contributed by atoms with Crippen molar-refractivity contribution in [3.63, 3.8) is 0 Å². The third-order valence-corrected chi connectivity index (χ3v) is 8.84. The molecule has 0 saturated heterocycles. The van der Waals surface area contributed by atoms with Gasteiger partial charge in [-0.25, -0.2) is 13.6 Å². The number of hydrogen-bond donors (Lipinski definition) is 3. The lowest BCUT2D eigenvalue weighted by Gasteiger charge is -2.35. The third-order valence-electron chi connectivity index (χ3n) is 7.84. The molecular formula is C23H33F3N6O2S. The zero-order valence-electron chi connectivity index (χ0n) is 19.6. The van der Waals surface area contributed by atoms with Gasteiger partial charge in [-0.05, 0) is 85.6 Å². The van der Waals surface area contributed by atoms with Crippen LogP contribution in [-0.2, 0) is 16.2 Å². The summed E-state index contributed by atoms with van der Waals surface area (Å²) < 4.78 is 65.9. The van der Waals surface area contributed by atoms with Gasteiger partial charge < -0.3 is 5.73 Å². The van der Waals surface area contributed by atoms with E-state index in [1.54, 1.807) is 0 Å². The van der Waals surface area contributed by atoms with Crippen LogP contribution in [0.25, 0.3) is 11.4 Å². The van der Waals surface area contributed by atoms with Crippen LogP contribution in [-0.4, -0.2) is 35.6 Å². The SMILES string of the molecule is NCCC1CCC(CC2CCC(c3ccc(C(F)(F)F)c(S(N)(=O)=O)c3-c3nn[nH]n3)CC2)CC1. The van der Waals surface area contributed by atoms with Gasteiger partial charge in [0.1, 0.15) is 4.90 Å². The van der Waals surface area contributed by atoms with Crippen LogP contribution < -0.4 is 10.9 Å². The molecular weight excluding hydrogens is 481 g/mol. The number of H-pyrrole nitrogens is 1. The molecule has 2 aromatic rings. The fourth-order valence-electron chi connectivity index (χ4n) is 6.13. The van der Waals surface area contributed by atoms with Crippen molar-refractivity contribution in [3.05, 3.63) is 23.3 Å². The van der Waals surface area contributed by atoms with Gasteiger partial charge in [-0.2, -0.15) is 18.4 Å². The number of rotatable bonds is 7. The minimum Gasteiger partial charge on any atom is -0.330 e. The van der Waals surface area contributed by atoms with Crippen LogP contribution in [0.1, 0.15) is 81.3 Å². The molecule has 0 radical (unpaired) electrons. The predicted molar refractivity (Wildman–Crippen MR) is 124 cm³/mol. The number of sulfonamides is 1. The Morgan fingerprint density at radius 1 is 0.971 bits per heavy atom. The fraction of sp³-hybridized carbons (Fsp3) is 0.696. The van der Waals surface area contributed by atoms with Crippen LogP contribution >= 0.6 is 0 Å². The predicted octanol–water partition coefficient (Wildman–Crippen LogP) is 4.35. The summed E-state index contributed by atoms with van der Waals surface area (Å²) in [4.78, 5) is -0.986. The Morgan fingerprint density at radius 3 is 2.09 bits per heavy atom. The standard InChI is InChI=1S/C23H33F3N6O2S/c24-23(25,26)19-10-9-18(20(21(19)35(28,33)34)22-29-31-32-30-22)17-7-5-16(6-8-17)13-15-3-1-14(2-4-15)11-12-27/h9-10,14-17H,1-8,11-13,27H2,(H2,28,33,34)(H,29,30,31,32). The third kappa shape index (κ3) is 6.03. The second-order valence-electron chi connectivity index (χ2n) is 10.1. The molecule has 194 valence electrons. The van der Waals surface area contributed by atoms with E-state index in [-0.39, 0.29) is 17.3 Å². The topological polar surface area (TPSA) is 141 Å². The summed E-state index contributed by atoms with van der Waals surface area (Å²) in [6, 6.07) is 2.16. The molecule has 0 bridgehead atoms. The summed E-state index contributed by atoms with van der Waals surface area (Å²) >= 11 is 0. The lowest BCUT2D eigenvalue weighted by Crippen LogP contribution is -2.23. The lowest BCUT2D eigenvalue weighted by molar-refractivity contribution is -0.139. The van der Waals surface area contributed by atoms with Gasteiger partial charge in [-0.15, -0.1) is 10.2 Å². The molecule has 8 nitrogen and oxygen atoms in total. The van der Waals surface area contributed by atoms with E-state index in [1.165, 1.54) is 38.2 Å². The zero-order valence-corrected chi connectivity index (χ0v) is 20.4. The number of tetrazole rings is 1. The molecule has 4 rings (SSSR count). The second kappa shape index (κ2) is 10.5. The van der Waals surface area contributed by atoms with Crippen molar-refractivity contribution >= 4 is 10.0 Å². The maximum absolute atomic E-state index is 13.7. The molecule has 1 heterocycles. The Bertz CT molecular complexity index is 1090. The van der Waals surface area contributed by atoms with E-state index < -0.39 is 26.7 Å². The molecule has 12 heteroatoms. The van der Waals surface area contributed by atoms with Gasteiger partial charge in [0, 0.05) is 5.56 Å². The molecule has 2 saturated carbocycles. The summed E-state index contributed by atoms with van der Waals surface area (Å²) in [5.41, 5.74) is 4.66. The van der Waals surface area contributed by atoms with Crippen molar-refractivity contribution in [1.82, 2.24) is 20.6 Å². The quantitative estimate of drug-likeness (QED) is 0.502. The number of hydrogen-bond acceptors (Lipinski definition) is 6. The maximum atomic E-state index is 13.7. The van der Waals surface area contributed by atoms with Gasteiger partial charge in [0.05, 0.1) is 5.56 Å². The summed E-state index contributed by atoms with van der Waals surface area (Å²) in [7, 11) is -4.72. The van der Waals surface area contributed by atoms with E-state index in [4.69, 9.17) is 10.9 Å². The fourth-order valence-corrected chi connectivity index (χ4v) is 7.11. The van der Waals surface area contributed by atoms with E-state index in [9.17, 15) is 21.6 Å². The van der Waals surface area contributed by atoms with Crippen molar-refractivity contribution in [3.8, 4) is 11.4 Å². The molecule has 0 atom stereocenters. The van der Waals surface area contributed by atoms with E-state index in [2.05, 4.69) is 20.6 Å². The Labute approximate surface area is 203 Å². The number of aromatic nitrogens is 4. The number of alkyl halides is 3. The van der Waals surface area contributed by atoms with Crippen molar-refractivity contribution in [2.24, 2.45) is 28.6 Å². The molecule has 1 aromatic heterocycles. The number of nitrogens with zero attached hydrogens (tertiary/aromatic N) is 3. The first-order valence-corrected chi connectivity index (χ1v) is 13.8. The van der Waals surface area contributed by atoms with Gasteiger partial charge in [0.25, 0.3) is 0 Å². The van der Waals surface area contributed by atoms with Crippen LogP contribution in [0.3, 0.4) is 0 Å². The number of primary sulfonamides is 1. The van der Waals surface area contributed by atoms with Crippen molar-refractivity contribution < 1.29 is 21.6 Å². The van der Waals surface area contributed by atoms with Crippen LogP contribution in [0.15, 0.2) is 17.0 Å². The normalized spacial score (nSPS) is 26.1. The van der Waals surface area contributed by atoms with Gasteiger partial charge in [0.2, 0.25) is 15.8 Å². The number of aromatic amines is 1. The molecule has 0 aliphatic heterocycles. The van der Waals surface area contributed by atoms with Crippen LogP contribution in [0.4, 0.5) is 13.2 Å².